The standard InChI is InChI=1S/C22H27N3O5S/c1-16-6-7-20-21(12-16)30-17(2)14-24(20)15-22(26)23-18-4-3-5-19(13-18)31(27,28)25-8-10-29-11-9-25/h3-7,12-13,17H,8-11,14-15H2,1-2H3,(H,23,26)/t17-/m1/s1. The van der Waals surface area contributed by atoms with Crippen molar-refractivity contribution in [2.45, 2.75) is 24.8 Å². The molecule has 1 atom stereocenters. The van der Waals surface area contributed by atoms with Crippen LogP contribution in [0, 0.1) is 6.92 Å². The zero-order chi connectivity index (χ0) is 22.0. The van der Waals surface area contributed by atoms with E-state index in [0.29, 0.717) is 38.5 Å². The second-order valence-electron chi connectivity index (χ2n) is 7.87. The number of carbonyl (C=O) groups is 1. The van der Waals surface area contributed by atoms with Gasteiger partial charge < -0.3 is 19.7 Å². The molecule has 8 nitrogen and oxygen atoms in total. The van der Waals surface area contributed by atoms with Gasteiger partial charge in [0.2, 0.25) is 15.9 Å². The van der Waals surface area contributed by atoms with Gasteiger partial charge in [-0.1, -0.05) is 12.1 Å². The number of sulfonamides is 1. The highest BCUT2D eigenvalue weighted by molar-refractivity contribution is 7.89. The molecule has 31 heavy (non-hydrogen) atoms. The Morgan fingerprint density at radius 1 is 1.16 bits per heavy atom. The van der Waals surface area contributed by atoms with Crippen molar-refractivity contribution >= 4 is 27.3 Å². The van der Waals surface area contributed by atoms with E-state index in [9.17, 15) is 13.2 Å². The number of fused-ring (bicyclic) bond motifs is 1. The lowest BCUT2D eigenvalue weighted by Gasteiger charge is -2.34. The molecule has 1 N–H and O–H groups in total. The van der Waals surface area contributed by atoms with Crippen LogP contribution < -0.4 is 15.0 Å². The van der Waals surface area contributed by atoms with Crippen LogP contribution in [0.15, 0.2) is 47.4 Å². The monoisotopic (exact) mass is 445 g/mol. The molecule has 0 saturated carbocycles. The third-order valence-corrected chi connectivity index (χ3v) is 7.22. The molecule has 0 bridgehead atoms. The van der Waals surface area contributed by atoms with Crippen molar-refractivity contribution in [3.05, 3.63) is 48.0 Å². The van der Waals surface area contributed by atoms with Gasteiger partial charge >= 0.3 is 0 Å². The van der Waals surface area contributed by atoms with Crippen molar-refractivity contribution in [1.29, 1.82) is 0 Å². The van der Waals surface area contributed by atoms with Crippen LogP contribution in [0.25, 0.3) is 0 Å². The normalized spacial score (nSPS) is 19.4. The van der Waals surface area contributed by atoms with E-state index in [2.05, 4.69) is 5.32 Å². The molecule has 0 aliphatic carbocycles. The van der Waals surface area contributed by atoms with Gasteiger partial charge in [0.05, 0.1) is 36.9 Å². The number of rotatable bonds is 5. The summed E-state index contributed by atoms with van der Waals surface area (Å²) in [5, 5.41) is 2.83. The predicted molar refractivity (Wildman–Crippen MR) is 118 cm³/mol. The van der Waals surface area contributed by atoms with Crippen LogP contribution in [-0.4, -0.2) is 64.1 Å². The average Bonchev–Trinajstić information content (AvgIpc) is 2.74. The average molecular weight is 446 g/mol. The minimum absolute atomic E-state index is 0.0379. The van der Waals surface area contributed by atoms with Crippen molar-refractivity contribution in [2.24, 2.45) is 0 Å². The van der Waals surface area contributed by atoms with E-state index in [4.69, 9.17) is 9.47 Å². The summed E-state index contributed by atoms with van der Waals surface area (Å²) in [5.41, 5.74) is 2.42. The number of hydrogen-bond donors (Lipinski definition) is 1. The van der Waals surface area contributed by atoms with Gasteiger partial charge in [0.25, 0.3) is 0 Å². The maximum absolute atomic E-state index is 12.9. The summed E-state index contributed by atoms with van der Waals surface area (Å²) in [6.45, 7) is 6.12. The maximum atomic E-state index is 12.9. The first-order valence-electron chi connectivity index (χ1n) is 10.3. The number of aryl methyl sites for hydroxylation is 1. The fourth-order valence-corrected chi connectivity index (χ4v) is 5.29. The van der Waals surface area contributed by atoms with Crippen LogP contribution in [0.4, 0.5) is 11.4 Å². The first-order chi connectivity index (χ1) is 14.8. The van der Waals surface area contributed by atoms with Crippen molar-refractivity contribution in [2.75, 3.05) is 49.6 Å². The SMILES string of the molecule is Cc1ccc2c(c1)O[C@H](C)CN2CC(=O)Nc1cccc(S(=O)(=O)N2CCOCC2)c1. The van der Waals surface area contributed by atoms with Crippen molar-refractivity contribution in [3.63, 3.8) is 0 Å². The molecule has 9 heteroatoms. The quantitative estimate of drug-likeness (QED) is 0.760. The predicted octanol–water partition coefficient (Wildman–Crippen LogP) is 2.24. The molecule has 0 unspecified atom stereocenters. The number of amides is 1. The number of carbonyl (C=O) groups excluding carboxylic acids is 1. The Morgan fingerprint density at radius 2 is 1.94 bits per heavy atom. The van der Waals surface area contributed by atoms with E-state index in [-0.39, 0.29) is 23.5 Å². The number of benzene rings is 2. The fourth-order valence-electron chi connectivity index (χ4n) is 3.83. The van der Waals surface area contributed by atoms with Crippen LogP contribution in [0.3, 0.4) is 0 Å². The van der Waals surface area contributed by atoms with Gasteiger partial charge in [0.1, 0.15) is 11.9 Å². The summed E-state index contributed by atoms with van der Waals surface area (Å²) < 4.78 is 38.3. The summed E-state index contributed by atoms with van der Waals surface area (Å²) in [6, 6.07) is 12.3. The molecular formula is C22H27N3O5S. The number of hydrogen-bond acceptors (Lipinski definition) is 6. The molecular weight excluding hydrogens is 418 g/mol. The summed E-state index contributed by atoms with van der Waals surface area (Å²) in [5.74, 6) is 0.548. The lowest BCUT2D eigenvalue weighted by Crippen LogP contribution is -2.42. The molecule has 2 aliphatic heterocycles. The zero-order valence-electron chi connectivity index (χ0n) is 17.7. The Balaban J connectivity index is 1.47. The van der Waals surface area contributed by atoms with Gasteiger partial charge in [-0.15, -0.1) is 0 Å². The van der Waals surface area contributed by atoms with E-state index < -0.39 is 10.0 Å². The molecule has 0 spiro atoms. The van der Waals surface area contributed by atoms with Crippen LogP contribution in [0.5, 0.6) is 5.75 Å². The Bertz CT molecular complexity index is 1070. The lowest BCUT2D eigenvalue weighted by molar-refractivity contribution is -0.115. The van der Waals surface area contributed by atoms with E-state index in [1.807, 2.05) is 36.9 Å². The molecule has 2 heterocycles. The highest BCUT2D eigenvalue weighted by atomic mass is 32.2. The van der Waals surface area contributed by atoms with Crippen LogP contribution in [-0.2, 0) is 19.6 Å². The molecule has 1 amide bonds. The molecule has 1 saturated heterocycles. The first-order valence-corrected chi connectivity index (χ1v) is 11.8. The minimum atomic E-state index is -3.62. The second-order valence-corrected chi connectivity index (χ2v) is 9.81. The first kappa shape index (κ1) is 21.6. The minimum Gasteiger partial charge on any atom is -0.487 e. The number of ether oxygens (including phenoxy) is 2. The number of morpholine rings is 1. The van der Waals surface area contributed by atoms with Crippen molar-refractivity contribution < 1.29 is 22.7 Å². The number of nitrogens with zero attached hydrogens (tertiary/aromatic N) is 2. The van der Waals surface area contributed by atoms with Crippen LogP contribution in [0.2, 0.25) is 0 Å². The van der Waals surface area contributed by atoms with Crippen LogP contribution >= 0.6 is 0 Å². The highest BCUT2D eigenvalue weighted by Crippen LogP contribution is 2.34. The molecule has 2 aromatic rings. The van der Waals surface area contributed by atoms with Gasteiger partial charge in [-0.2, -0.15) is 4.31 Å². The Hall–Kier alpha value is -2.62. The Kier molecular flexibility index (Phi) is 6.17. The van der Waals surface area contributed by atoms with Crippen molar-refractivity contribution in [3.8, 4) is 5.75 Å². The van der Waals surface area contributed by atoms with E-state index in [1.165, 1.54) is 10.4 Å². The Morgan fingerprint density at radius 3 is 2.71 bits per heavy atom. The Labute approximate surface area is 182 Å². The van der Waals surface area contributed by atoms with Gasteiger partial charge in [-0.25, -0.2) is 8.42 Å². The van der Waals surface area contributed by atoms with Gasteiger partial charge in [0.15, 0.2) is 0 Å². The number of nitrogens with one attached hydrogen (secondary N) is 1. The zero-order valence-corrected chi connectivity index (χ0v) is 18.5. The smallest absolute Gasteiger partial charge is 0.243 e. The largest absolute Gasteiger partial charge is 0.487 e. The van der Waals surface area contributed by atoms with Crippen LogP contribution in [0.1, 0.15) is 12.5 Å². The summed E-state index contributed by atoms with van der Waals surface area (Å²) >= 11 is 0. The molecule has 2 aliphatic rings. The molecule has 0 aromatic heterocycles. The maximum Gasteiger partial charge on any atom is 0.243 e. The van der Waals surface area contributed by atoms with E-state index >= 15 is 0 Å². The number of anilines is 2. The van der Waals surface area contributed by atoms with E-state index in [1.54, 1.807) is 18.2 Å². The molecule has 166 valence electrons. The lowest BCUT2D eigenvalue weighted by atomic mass is 10.1. The van der Waals surface area contributed by atoms with Gasteiger partial charge in [0, 0.05) is 18.8 Å². The highest BCUT2D eigenvalue weighted by Gasteiger charge is 2.27. The molecule has 0 radical (unpaired) electrons. The topological polar surface area (TPSA) is 88.2 Å². The summed E-state index contributed by atoms with van der Waals surface area (Å²) in [7, 11) is -3.62. The summed E-state index contributed by atoms with van der Waals surface area (Å²) in [4.78, 5) is 14.9. The third-order valence-electron chi connectivity index (χ3n) is 5.32. The van der Waals surface area contributed by atoms with Gasteiger partial charge in [-0.3, -0.25) is 4.79 Å². The van der Waals surface area contributed by atoms with Crippen molar-refractivity contribution in [1.82, 2.24) is 4.31 Å². The molecule has 4 rings (SSSR count). The van der Waals surface area contributed by atoms with Gasteiger partial charge in [-0.05, 0) is 49.7 Å². The van der Waals surface area contributed by atoms with E-state index in [0.717, 1.165) is 17.0 Å². The summed E-state index contributed by atoms with van der Waals surface area (Å²) in [6.07, 6.45) is -0.0379. The molecule has 1 fully saturated rings. The fraction of sp³-hybridized carbons (Fsp3) is 0.409. The third kappa shape index (κ3) is 4.84. The second kappa shape index (κ2) is 8.86. The molecule has 2 aromatic carbocycles.